The summed E-state index contributed by atoms with van der Waals surface area (Å²) in [5.41, 5.74) is 12.0. The second-order valence-electron chi connectivity index (χ2n) is 8.55. The Morgan fingerprint density at radius 1 is 1.10 bits per heavy atom. The van der Waals surface area contributed by atoms with Crippen molar-refractivity contribution in [2.45, 2.75) is 43.6 Å². The Hall–Kier alpha value is -2.99. The van der Waals surface area contributed by atoms with Gasteiger partial charge in [-0.15, -0.1) is 0 Å². The number of benzene rings is 2. The first kappa shape index (κ1) is 16.9. The predicted octanol–water partition coefficient (Wildman–Crippen LogP) is 3.50. The number of fused-ring (bicyclic) bond motifs is 3. The Bertz CT molecular complexity index is 1130. The average Bonchev–Trinajstić information content (AvgIpc) is 3.42. The topological polar surface area (TPSA) is 85.2 Å². The molecule has 0 spiro atoms. The molecule has 1 unspecified atom stereocenters. The zero-order valence-corrected chi connectivity index (χ0v) is 16.1. The van der Waals surface area contributed by atoms with E-state index in [0.29, 0.717) is 24.7 Å². The van der Waals surface area contributed by atoms with Crippen molar-refractivity contribution in [3.63, 3.8) is 0 Å². The van der Waals surface area contributed by atoms with Crippen LogP contribution in [-0.2, 0) is 16.8 Å². The summed E-state index contributed by atoms with van der Waals surface area (Å²) in [6, 6.07) is 14.8. The number of carbonyl (C=O) groups excluding carboxylic acids is 1. The number of nitrogens with two attached hydrogens (primary N) is 1. The molecular weight excluding hydrogens is 364 g/mol. The molecule has 0 bridgehead atoms. The maximum Gasteiger partial charge on any atom is 0.232 e. The molecule has 0 radical (unpaired) electrons. The number of nitrogens with zero attached hydrogens (tertiary/aromatic N) is 3. The van der Waals surface area contributed by atoms with E-state index >= 15 is 0 Å². The molecule has 1 saturated heterocycles. The number of hydrogen-bond donors (Lipinski definition) is 1. The van der Waals surface area contributed by atoms with E-state index in [1.54, 1.807) is 0 Å². The van der Waals surface area contributed by atoms with E-state index in [-0.39, 0.29) is 11.8 Å². The van der Waals surface area contributed by atoms with Gasteiger partial charge in [-0.25, -0.2) is 0 Å². The summed E-state index contributed by atoms with van der Waals surface area (Å²) in [5, 5.41) is 4.11. The Kier molecular flexibility index (Phi) is 3.50. The second kappa shape index (κ2) is 6.00. The summed E-state index contributed by atoms with van der Waals surface area (Å²) < 4.78 is 5.50. The first-order valence-electron chi connectivity index (χ1n) is 10.3. The molecule has 3 aromatic rings. The molecule has 29 heavy (non-hydrogen) atoms. The number of amides is 1. The third kappa shape index (κ3) is 2.55. The van der Waals surface area contributed by atoms with Crippen molar-refractivity contribution in [2.75, 3.05) is 11.4 Å². The minimum absolute atomic E-state index is 0.0853. The Balaban J connectivity index is 1.25. The molecule has 1 aliphatic heterocycles. The monoisotopic (exact) mass is 386 g/mol. The molecule has 1 saturated carbocycles. The molecule has 6 rings (SSSR count). The van der Waals surface area contributed by atoms with E-state index in [4.69, 9.17) is 10.3 Å². The molecule has 1 atom stereocenters. The summed E-state index contributed by atoms with van der Waals surface area (Å²) in [6.45, 7) is 0.559. The van der Waals surface area contributed by atoms with Crippen molar-refractivity contribution in [1.82, 2.24) is 10.1 Å². The van der Waals surface area contributed by atoms with Crippen LogP contribution in [0.15, 0.2) is 47.0 Å². The van der Waals surface area contributed by atoms with Crippen LogP contribution in [0.2, 0.25) is 0 Å². The van der Waals surface area contributed by atoms with E-state index in [9.17, 15) is 4.79 Å². The molecule has 3 aliphatic rings. The normalized spacial score (nSPS) is 21.8. The van der Waals surface area contributed by atoms with E-state index < -0.39 is 5.54 Å². The summed E-state index contributed by atoms with van der Waals surface area (Å²) in [5.74, 6) is 1.12. The standard InChI is InChI=1S/C23H22N4O2/c24-23(8-3-9-23)22-25-21(29-26-22)16-12-20(28)27(13-16)17-6-7-19-15(11-17)10-14-4-1-2-5-18(14)19/h1-2,4-7,11,16H,3,8-10,12-13,24H2. The number of rotatable bonds is 3. The van der Waals surface area contributed by atoms with Crippen molar-refractivity contribution in [1.29, 1.82) is 0 Å². The van der Waals surface area contributed by atoms with Gasteiger partial charge in [0, 0.05) is 18.7 Å². The van der Waals surface area contributed by atoms with E-state index in [1.165, 1.54) is 22.3 Å². The van der Waals surface area contributed by atoms with E-state index in [0.717, 1.165) is 31.4 Å². The number of anilines is 1. The lowest BCUT2D eigenvalue weighted by Gasteiger charge is -2.34. The van der Waals surface area contributed by atoms with Crippen LogP contribution < -0.4 is 10.6 Å². The van der Waals surface area contributed by atoms with E-state index in [2.05, 4.69) is 46.5 Å². The third-order valence-corrected chi connectivity index (χ3v) is 6.70. The van der Waals surface area contributed by atoms with Crippen LogP contribution in [0.4, 0.5) is 5.69 Å². The number of hydrogen-bond acceptors (Lipinski definition) is 5. The van der Waals surface area contributed by atoms with Crippen LogP contribution in [0.1, 0.15) is 54.4 Å². The van der Waals surface area contributed by atoms with Gasteiger partial charge in [-0.2, -0.15) is 4.98 Å². The molecule has 2 N–H and O–H groups in total. The zero-order valence-electron chi connectivity index (χ0n) is 16.1. The highest BCUT2D eigenvalue weighted by Crippen LogP contribution is 2.41. The molecule has 6 heteroatoms. The minimum Gasteiger partial charge on any atom is -0.339 e. The van der Waals surface area contributed by atoms with Crippen molar-refractivity contribution < 1.29 is 9.32 Å². The largest absolute Gasteiger partial charge is 0.339 e. The summed E-state index contributed by atoms with van der Waals surface area (Å²) in [6.07, 6.45) is 4.17. The Morgan fingerprint density at radius 2 is 1.93 bits per heavy atom. The van der Waals surface area contributed by atoms with Gasteiger partial charge in [0.25, 0.3) is 0 Å². The minimum atomic E-state index is -0.445. The molecule has 1 aromatic heterocycles. The van der Waals surface area contributed by atoms with Gasteiger partial charge in [-0.3, -0.25) is 4.79 Å². The molecular formula is C23H22N4O2. The summed E-state index contributed by atoms with van der Waals surface area (Å²) >= 11 is 0. The van der Waals surface area contributed by atoms with Gasteiger partial charge in [0.1, 0.15) is 0 Å². The highest BCUT2D eigenvalue weighted by atomic mass is 16.5. The van der Waals surface area contributed by atoms with E-state index in [1.807, 2.05) is 11.0 Å². The fourth-order valence-electron chi connectivity index (χ4n) is 4.81. The van der Waals surface area contributed by atoms with Crippen LogP contribution in [0.5, 0.6) is 0 Å². The van der Waals surface area contributed by atoms with Crippen molar-refractivity contribution in [3.8, 4) is 11.1 Å². The molecule has 2 aliphatic carbocycles. The lowest BCUT2D eigenvalue weighted by molar-refractivity contribution is -0.117. The van der Waals surface area contributed by atoms with Gasteiger partial charge in [-0.1, -0.05) is 35.5 Å². The molecule has 2 heterocycles. The molecule has 2 aromatic carbocycles. The fraction of sp³-hybridized carbons (Fsp3) is 0.348. The second-order valence-corrected chi connectivity index (χ2v) is 8.55. The quantitative estimate of drug-likeness (QED) is 0.582. The fourth-order valence-corrected chi connectivity index (χ4v) is 4.81. The lowest BCUT2D eigenvalue weighted by atomic mass is 9.77. The summed E-state index contributed by atoms with van der Waals surface area (Å²) in [4.78, 5) is 19.2. The van der Waals surface area contributed by atoms with Crippen LogP contribution >= 0.6 is 0 Å². The van der Waals surface area contributed by atoms with Crippen molar-refractivity contribution in [2.24, 2.45) is 5.73 Å². The average molecular weight is 386 g/mol. The first-order valence-corrected chi connectivity index (χ1v) is 10.3. The first-order chi connectivity index (χ1) is 14.1. The zero-order chi connectivity index (χ0) is 19.6. The van der Waals surface area contributed by atoms with Gasteiger partial charge < -0.3 is 15.2 Å². The molecule has 6 nitrogen and oxygen atoms in total. The van der Waals surface area contributed by atoms with Crippen molar-refractivity contribution >= 4 is 11.6 Å². The predicted molar refractivity (Wildman–Crippen MR) is 108 cm³/mol. The van der Waals surface area contributed by atoms with Crippen LogP contribution in [-0.4, -0.2) is 22.6 Å². The van der Waals surface area contributed by atoms with Gasteiger partial charge >= 0.3 is 0 Å². The molecule has 146 valence electrons. The van der Waals surface area contributed by atoms with Gasteiger partial charge in [0.2, 0.25) is 11.8 Å². The van der Waals surface area contributed by atoms with Crippen LogP contribution in [0, 0.1) is 0 Å². The van der Waals surface area contributed by atoms with Crippen LogP contribution in [0.3, 0.4) is 0 Å². The lowest BCUT2D eigenvalue weighted by Crippen LogP contribution is -2.44. The maximum absolute atomic E-state index is 12.8. The Labute approximate surface area is 168 Å². The van der Waals surface area contributed by atoms with Gasteiger partial charge in [0.05, 0.1) is 11.5 Å². The van der Waals surface area contributed by atoms with Gasteiger partial charge in [-0.05, 0) is 60.1 Å². The highest BCUT2D eigenvalue weighted by Gasteiger charge is 2.41. The Morgan fingerprint density at radius 3 is 2.76 bits per heavy atom. The van der Waals surface area contributed by atoms with Crippen LogP contribution in [0.25, 0.3) is 11.1 Å². The molecule has 2 fully saturated rings. The SMILES string of the molecule is NC1(c2noc(C3CC(=O)N(c4ccc5c(c4)Cc4ccccc4-5)C3)n2)CCC1. The molecule has 1 amide bonds. The highest BCUT2D eigenvalue weighted by molar-refractivity contribution is 5.97. The van der Waals surface area contributed by atoms with Crippen molar-refractivity contribution in [3.05, 3.63) is 65.3 Å². The summed E-state index contributed by atoms with van der Waals surface area (Å²) in [7, 11) is 0. The number of aromatic nitrogens is 2. The smallest absolute Gasteiger partial charge is 0.232 e. The number of carbonyl (C=O) groups is 1. The third-order valence-electron chi connectivity index (χ3n) is 6.70. The maximum atomic E-state index is 12.8. The van der Waals surface area contributed by atoms with Gasteiger partial charge in [0.15, 0.2) is 5.82 Å².